The Kier molecular flexibility index (Phi) is 44.2. The van der Waals surface area contributed by atoms with E-state index in [1.807, 2.05) is 0 Å². The predicted molar refractivity (Wildman–Crippen MR) is 243 cm³/mol. The third-order valence-corrected chi connectivity index (χ3v) is 11.5. The molecule has 338 valence electrons. The molecule has 1 atom stereocenters. The Labute approximate surface area is 355 Å². The first-order chi connectivity index (χ1) is 27.9. The Morgan fingerprint density at radius 1 is 0.333 bits per heavy atom. The van der Waals surface area contributed by atoms with Crippen molar-refractivity contribution < 1.29 is 28.6 Å². The number of esters is 3. The number of ether oxygens (including phenoxy) is 3. The van der Waals surface area contributed by atoms with Gasteiger partial charge in [0.15, 0.2) is 6.10 Å². The third-order valence-electron chi connectivity index (χ3n) is 11.5. The molecule has 0 rings (SSSR count). The molecule has 0 radical (unpaired) electrons. The molecular weight excluding hydrogens is 709 g/mol. The quantitative estimate of drug-likeness (QED) is 0.0346. The summed E-state index contributed by atoms with van der Waals surface area (Å²) in [4.78, 5) is 37.8. The van der Waals surface area contributed by atoms with Crippen molar-refractivity contribution in [2.24, 2.45) is 5.92 Å². The van der Waals surface area contributed by atoms with Gasteiger partial charge in [-0.1, -0.05) is 246 Å². The van der Waals surface area contributed by atoms with Crippen molar-refractivity contribution in [1.29, 1.82) is 0 Å². The van der Waals surface area contributed by atoms with Crippen molar-refractivity contribution in [3.63, 3.8) is 0 Å². The Morgan fingerprint density at radius 3 is 0.860 bits per heavy atom. The average molecular weight is 807 g/mol. The minimum atomic E-state index is -0.760. The smallest absolute Gasteiger partial charge is 0.306 e. The van der Waals surface area contributed by atoms with Gasteiger partial charge in [-0.2, -0.15) is 0 Å². The molecule has 0 spiro atoms. The minimum absolute atomic E-state index is 0.0637. The fourth-order valence-corrected chi connectivity index (χ4v) is 7.69. The van der Waals surface area contributed by atoms with Gasteiger partial charge >= 0.3 is 17.9 Å². The number of rotatable bonds is 46. The second kappa shape index (κ2) is 45.5. The zero-order valence-electron chi connectivity index (χ0n) is 38.8. The molecule has 0 saturated heterocycles. The summed E-state index contributed by atoms with van der Waals surface area (Å²) in [5, 5.41) is 0. The molecule has 0 amide bonds. The molecule has 6 heteroatoms. The number of carbonyl (C=O) groups is 3. The molecule has 0 bridgehead atoms. The molecule has 0 N–H and O–H groups in total. The molecule has 0 aromatic carbocycles. The topological polar surface area (TPSA) is 78.9 Å². The lowest BCUT2D eigenvalue weighted by Crippen LogP contribution is -2.30. The maximum absolute atomic E-state index is 12.8. The fourth-order valence-electron chi connectivity index (χ4n) is 7.69. The molecule has 0 aromatic heterocycles. The van der Waals surface area contributed by atoms with Crippen LogP contribution >= 0.6 is 0 Å². The van der Waals surface area contributed by atoms with Crippen LogP contribution in [0.1, 0.15) is 285 Å². The van der Waals surface area contributed by atoms with Crippen LogP contribution in [0.25, 0.3) is 0 Å². The first-order valence-corrected chi connectivity index (χ1v) is 25.4. The lowest BCUT2D eigenvalue weighted by Gasteiger charge is -2.18. The van der Waals surface area contributed by atoms with Crippen LogP contribution < -0.4 is 0 Å². The molecule has 57 heavy (non-hydrogen) atoms. The van der Waals surface area contributed by atoms with Gasteiger partial charge in [0.05, 0.1) is 0 Å². The van der Waals surface area contributed by atoms with Gasteiger partial charge in [-0.05, 0) is 25.2 Å². The van der Waals surface area contributed by atoms with Crippen LogP contribution in [0.3, 0.4) is 0 Å². The van der Waals surface area contributed by atoms with E-state index in [1.165, 1.54) is 180 Å². The van der Waals surface area contributed by atoms with Crippen molar-refractivity contribution >= 4 is 17.9 Å². The average Bonchev–Trinajstić information content (AvgIpc) is 3.19. The van der Waals surface area contributed by atoms with Gasteiger partial charge in [0.1, 0.15) is 13.2 Å². The SMILES string of the molecule is CCCCCCCCCCCCCCCCCC(=O)OC[C@@H](COC(=O)CCCCCCCCC(C)C)OC(=O)CCCCCCCCCCCCCCCCC. The first-order valence-electron chi connectivity index (χ1n) is 25.4. The molecule has 6 nitrogen and oxygen atoms in total. The maximum Gasteiger partial charge on any atom is 0.306 e. The van der Waals surface area contributed by atoms with E-state index in [2.05, 4.69) is 27.7 Å². The number of hydrogen-bond donors (Lipinski definition) is 0. The van der Waals surface area contributed by atoms with Crippen molar-refractivity contribution in [2.45, 2.75) is 291 Å². The summed E-state index contributed by atoms with van der Waals surface area (Å²) in [5.41, 5.74) is 0. The zero-order chi connectivity index (χ0) is 41.7. The second-order valence-electron chi connectivity index (χ2n) is 17.9. The number of carbonyl (C=O) groups excluding carboxylic acids is 3. The van der Waals surface area contributed by atoms with Gasteiger partial charge in [0, 0.05) is 19.3 Å². The summed E-state index contributed by atoms with van der Waals surface area (Å²) >= 11 is 0. The molecule has 0 unspecified atom stereocenters. The van der Waals surface area contributed by atoms with Crippen LogP contribution in [-0.4, -0.2) is 37.2 Å². The molecule has 0 aromatic rings. The van der Waals surface area contributed by atoms with Crippen molar-refractivity contribution in [3.8, 4) is 0 Å². The van der Waals surface area contributed by atoms with E-state index in [4.69, 9.17) is 14.2 Å². The number of unbranched alkanes of at least 4 members (excludes halogenated alkanes) is 33. The standard InChI is InChI=1S/C51H98O6/c1-5-7-9-11-13-15-17-19-21-23-25-27-29-34-38-42-49(52)55-45-48(46-56-50(53)43-39-35-32-31-33-37-41-47(3)4)57-51(54)44-40-36-30-28-26-24-22-20-18-16-14-12-10-8-6-2/h47-48H,5-46H2,1-4H3/t48-/m0/s1. The number of hydrogen-bond acceptors (Lipinski definition) is 6. The first kappa shape index (κ1) is 55.4. The fraction of sp³-hybridized carbons (Fsp3) is 0.941. The highest BCUT2D eigenvalue weighted by Gasteiger charge is 2.19. The van der Waals surface area contributed by atoms with Gasteiger partial charge < -0.3 is 14.2 Å². The normalized spacial score (nSPS) is 11.9. The van der Waals surface area contributed by atoms with Crippen molar-refractivity contribution in [1.82, 2.24) is 0 Å². The van der Waals surface area contributed by atoms with Gasteiger partial charge in [-0.15, -0.1) is 0 Å². The van der Waals surface area contributed by atoms with E-state index >= 15 is 0 Å². The molecule has 0 aliphatic heterocycles. The molecule has 0 aliphatic carbocycles. The third kappa shape index (κ3) is 45.3. The van der Waals surface area contributed by atoms with Crippen LogP contribution in [0.2, 0.25) is 0 Å². The van der Waals surface area contributed by atoms with Crippen LogP contribution in [0.4, 0.5) is 0 Å². The van der Waals surface area contributed by atoms with Gasteiger partial charge in [0.25, 0.3) is 0 Å². The Balaban J connectivity index is 4.27. The Bertz CT molecular complexity index is 857. The van der Waals surface area contributed by atoms with Crippen molar-refractivity contribution in [3.05, 3.63) is 0 Å². The summed E-state index contributed by atoms with van der Waals surface area (Å²) in [5.74, 6) is -0.0870. The summed E-state index contributed by atoms with van der Waals surface area (Å²) < 4.78 is 16.8. The highest BCUT2D eigenvalue weighted by Crippen LogP contribution is 2.17. The largest absolute Gasteiger partial charge is 0.462 e. The second-order valence-corrected chi connectivity index (χ2v) is 17.9. The lowest BCUT2D eigenvalue weighted by atomic mass is 10.0. The lowest BCUT2D eigenvalue weighted by molar-refractivity contribution is -0.167. The summed E-state index contributed by atoms with van der Waals surface area (Å²) in [6.45, 7) is 8.96. The maximum atomic E-state index is 12.8. The summed E-state index contributed by atoms with van der Waals surface area (Å²) in [6, 6.07) is 0. The van der Waals surface area contributed by atoms with E-state index in [9.17, 15) is 14.4 Å². The van der Waals surface area contributed by atoms with E-state index in [1.54, 1.807) is 0 Å². The Morgan fingerprint density at radius 2 is 0.579 bits per heavy atom. The van der Waals surface area contributed by atoms with E-state index in [0.29, 0.717) is 19.3 Å². The van der Waals surface area contributed by atoms with Gasteiger partial charge in [-0.25, -0.2) is 0 Å². The van der Waals surface area contributed by atoms with Crippen molar-refractivity contribution in [2.75, 3.05) is 13.2 Å². The Hall–Kier alpha value is -1.59. The zero-order valence-corrected chi connectivity index (χ0v) is 38.8. The van der Waals surface area contributed by atoms with Crippen LogP contribution in [0, 0.1) is 5.92 Å². The molecule has 0 aliphatic rings. The summed E-state index contributed by atoms with van der Waals surface area (Å²) in [7, 11) is 0. The van der Waals surface area contributed by atoms with E-state index < -0.39 is 6.10 Å². The minimum Gasteiger partial charge on any atom is -0.462 e. The van der Waals surface area contributed by atoms with Crippen LogP contribution in [0.15, 0.2) is 0 Å². The molecular formula is C51H98O6. The van der Waals surface area contributed by atoms with Crippen LogP contribution in [-0.2, 0) is 28.6 Å². The molecule has 0 saturated carbocycles. The summed E-state index contributed by atoms with van der Waals surface area (Å²) in [6.07, 6.45) is 46.7. The van der Waals surface area contributed by atoms with Gasteiger partial charge in [0.2, 0.25) is 0 Å². The predicted octanol–water partition coefficient (Wildman–Crippen LogP) is 16.3. The van der Waals surface area contributed by atoms with Crippen LogP contribution in [0.5, 0.6) is 0 Å². The molecule has 0 fully saturated rings. The highest BCUT2D eigenvalue weighted by molar-refractivity contribution is 5.71. The highest BCUT2D eigenvalue weighted by atomic mass is 16.6. The monoisotopic (exact) mass is 807 g/mol. The molecule has 0 heterocycles. The van der Waals surface area contributed by atoms with E-state index in [0.717, 1.165) is 63.7 Å². The van der Waals surface area contributed by atoms with Gasteiger partial charge in [-0.3, -0.25) is 14.4 Å². The van der Waals surface area contributed by atoms with E-state index in [-0.39, 0.29) is 31.1 Å².